The summed E-state index contributed by atoms with van der Waals surface area (Å²) in [4.78, 5) is 34.0. The second-order valence-corrected chi connectivity index (χ2v) is 7.08. The molecule has 0 radical (unpaired) electrons. The quantitative estimate of drug-likeness (QED) is 0.434. The number of amides is 1. The van der Waals surface area contributed by atoms with E-state index >= 15 is 0 Å². The van der Waals surface area contributed by atoms with Gasteiger partial charge in [-0.05, 0) is 34.1 Å². The highest BCUT2D eigenvalue weighted by atomic mass is 79.9. The highest BCUT2D eigenvalue weighted by Crippen LogP contribution is 2.25. The van der Waals surface area contributed by atoms with E-state index in [2.05, 4.69) is 21.2 Å². The smallest absolute Gasteiger partial charge is 0.317 e. The predicted octanol–water partition coefficient (Wildman–Crippen LogP) is -0.494. The first kappa shape index (κ1) is 20.0. The van der Waals surface area contributed by atoms with Crippen LogP contribution in [-0.4, -0.2) is 61.0 Å². The molecule has 0 atom stereocenters. The van der Waals surface area contributed by atoms with Gasteiger partial charge < -0.3 is 15.5 Å². The van der Waals surface area contributed by atoms with Crippen molar-refractivity contribution >= 4 is 49.5 Å². The van der Waals surface area contributed by atoms with Crippen LogP contribution in [0.2, 0.25) is 0 Å². The Morgan fingerprint density at radius 2 is 1.67 bits per heavy atom. The minimum absolute atomic E-state index is 0.161. The summed E-state index contributed by atoms with van der Waals surface area (Å²) in [6.07, 6.45) is 0. The topological polar surface area (TPSA) is 167 Å². The molecular formula is C12H14BrN3O7S. The zero-order chi connectivity index (χ0) is 18.5. The largest absolute Gasteiger partial charge is 0.480 e. The number of nitrogens with zero attached hydrogens (tertiary/aromatic N) is 1. The van der Waals surface area contributed by atoms with E-state index in [0.717, 1.165) is 4.90 Å². The lowest BCUT2D eigenvalue weighted by Crippen LogP contribution is -2.40. The lowest BCUT2D eigenvalue weighted by atomic mass is 10.3. The van der Waals surface area contributed by atoms with Crippen LogP contribution in [0.4, 0.5) is 5.69 Å². The molecule has 0 saturated carbocycles. The molecule has 0 aliphatic carbocycles. The maximum absolute atomic E-state index is 11.9. The van der Waals surface area contributed by atoms with Crippen molar-refractivity contribution in [1.29, 1.82) is 0 Å². The average molecular weight is 424 g/mol. The number of rotatable bonds is 8. The normalized spacial score (nSPS) is 11.3. The molecule has 24 heavy (non-hydrogen) atoms. The van der Waals surface area contributed by atoms with Crippen molar-refractivity contribution < 1.29 is 33.0 Å². The molecule has 1 aromatic rings. The summed E-state index contributed by atoms with van der Waals surface area (Å²) in [5.41, 5.74) is 0.220. The highest BCUT2D eigenvalue weighted by molar-refractivity contribution is 9.10. The Morgan fingerprint density at radius 1 is 1.12 bits per heavy atom. The third kappa shape index (κ3) is 6.62. The summed E-state index contributed by atoms with van der Waals surface area (Å²) in [5, 5.41) is 24.8. The Kier molecular flexibility index (Phi) is 6.83. The fraction of sp³-hybridized carbons (Fsp3) is 0.250. The van der Waals surface area contributed by atoms with Gasteiger partial charge in [0.25, 0.3) is 0 Å². The third-order valence-electron chi connectivity index (χ3n) is 2.63. The standard InChI is InChI=1S/C12H14BrN3O7S/c13-8-3-7(24(14,22)23)1-2-9(8)15-10(17)4-16(5-11(18)19)6-12(20)21/h1-3H,4-6H2,(H,15,17)(H,18,19)(H,20,21)(H2,14,22,23). The molecule has 0 aliphatic rings. The average Bonchev–Trinajstić information content (AvgIpc) is 2.38. The van der Waals surface area contributed by atoms with Crippen molar-refractivity contribution in [2.24, 2.45) is 5.14 Å². The van der Waals surface area contributed by atoms with Gasteiger partial charge in [-0.15, -0.1) is 0 Å². The van der Waals surface area contributed by atoms with Crippen molar-refractivity contribution in [2.75, 3.05) is 25.0 Å². The summed E-state index contributed by atoms with van der Waals surface area (Å²) in [6.45, 7) is -1.71. The number of anilines is 1. The lowest BCUT2D eigenvalue weighted by Gasteiger charge is -2.17. The number of nitrogens with two attached hydrogens (primary N) is 1. The van der Waals surface area contributed by atoms with Gasteiger partial charge in [-0.3, -0.25) is 19.3 Å². The van der Waals surface area contributed by atoms with E-state index in [4.69, 9.17) is 15.4 Å². The number of nitrogens with one attached hydrogen (secondary N) is 1. The highest BCUT2D eigenvalue weighted by Gasteiger charge is 2.18. The molecule has 5 N–H and O–H groups in total. The Morgan fingerprint density at radius 3 is 2.08 bits per heavy atom. The van der Waals surface area contributed by atoms with Gasteiger partial charge in [-0.2, -0.15) is 0 Å². The van der Waals surface area contributed by atoms with E-state index in [1.54, 1.807) is 0 Å². The minimum Gasteiger partial charge on any atom is -0.480 e. The molecule has 1 aromatic carbocycles. The van der Waals surface area contributed by atoms with E-state index in [0.29, 0.717) is 0 Å². The Bertz CT molecular complexity index is 750. The molecule has 12 heteroatoms. The van der Waals surface area contributed by atoms with Gasteiger partial charge in [0.05, 0.1) is 30.2 Å². The van der Waals surface area contributed by atoms with Gasteiger partial charge >= 0.3 is 11.9 Å². The number of carboxylic acids is 2. The molecule has 0 bridgehead atoms. The number of carbonyl (C=O) groups excluding carboxylic acids is 1. The number of carboxylic acid groups (broad SMARTS) is 2. The molecule has 0 aromatic heterocycles. The van der Waals surface area contributed by atoms with E-state index < -0.39 is 47.5 Å². The molecule has 132 valence electrons. The molecule has 0 heterocycles. The molecule has 1 rings (SSSR count). The Labute approximate surface area is 145 Å². The summed E-state index contributed by atoms with van der Waals surface area (Å²) in [5.74, 6) is -3.22. The molecule has 10 nitrogen and oxygen atoms in total. The first-order valence-corrected chi connectivity index (χ1v) is 8.61. The van der Waals surface area contributed by atoms with Gasteiger partial charge in [-0.25, -0.2) is 13.6 Å². The van der Waals surface area contributed by atoms with Crippen LogP contribution in [0.1, 0.15) is 0 Å². The minimum atomic E-state index is -3.90. The van der Waals surface area contributed by atoms with Gasteiger partial charge in [0.15, 0.2) is 0 Å². The molecule has 0 spiro atoms. The third-order valence-corrected chi connectivity index (χ3v) is 4.20. The molecule has 0 unspecified atom stereocenters. The second-order valence-electron chi connectivity index (χ2n) is 4.67. The molecule has 1 amide bonds. The number of benzene rings is 1. The second kappa shape index (κ2) is 8.19. The summed E-state index contributed by atoms with van der Waals surface area (Å²) in [7, 11) is -3.90. The SMILES string of the molecule is NS(=O)(=O)c1ccc(NC(=O)CN(CC(=O)O)CC(=O)O)c(Br)c1. The van der Waals surface area contributed by atoms with E-state index in [1.807, 2.05) is 0 Å². The van der Waals surface area contributed by atoms with Crippen LogP contribution in [0.5, 0.6) is 0 Å². The van der Waals surface area contributed by atoms with Crippen molar-refractivity contribution in [3.63, 3.8) is 0 Å². The Hall–Kier alpha value is -2.02. The van der Waals surface area contributed by atoms with E-state index in [-0.39, 0.29) is 15.1 Å². The number of halogens is 1. The van der Waals surface area contributed by atoms with Crippen LogP contribution in [0.15, 0.2) is 27.6 Å². The zero-order valence-corrected chi connectivity index (χ0v) is 14.5. The van der Waals surface area contributed by atoms with Gasteiger partial charge in [0, 0.05) is 4.47 Å². The molecule has 0 fully saturated rings. The van der Waals surface area contributed by atoms with Crippen molar-refractivity contribution in [1.82, 2.24) is 4.90 Å². The van der Waals surface area contributed by atoms with Crippen LogP contribution in [-0.2, 0) is 24.4 Å². The summed E-state index contributed by atoms with van der Waals surface area (Å²) < 4.78 is 22.7. The maximum atomic E-state index is 11.9. The van der Waals surface area contributed by atoms with Gasteiger partial charge in [0.2, 0.25) is 15.9 Å². The molecule has 0 aliphatic heterocycles. The zero-order valence-electron chi connectivity index (χ0n) is 12.1. The van der Waals surface area contributed by atoms with Crippen LogP contribution in [0.3, 0.4) is 0 Å². The number of carbonyl (C=O) groups is 3. The maximum Gasteiger partial charge on any atom is 0.317 e. The van der Waals surface area contributed by atoms with Crippen LogP contribution in [0, 0.1) is 0 Å². The van der Waals surface area contributed by atoms with E-state index in [9.17, 15) is 22.8 Å². The predicted molar refractivity (Wildman–Crippen MR) is 85.9 cm³/mol. The van der Waals surface area contributed by atoms with Crippen LogP contribution < -0.4 is 10.5 Å². The lowest BCUT2D eigenvalue weighted by molar-refractivity contribution is -0.142. The van der Waals surface area contributed by atoms with Crippen molar-refractivity contribution in [2.45, 2.75) is 4.90 Å². The fourth-order valence-electron chi connectivity index (χ4n) is 1.72. The van der Waals surface area contributed by atoms with Gasteiger partial charge in [0.1, 0.15) is 0 Å². The molecule has 0 saturated heterocycles. The number of primary sulfonamides is 1. The van der Waals surface area contributed by atoms with Gasteiger partial charge in [-0.1, -0.05) is 0 Å². The first-order valence-electron chi connectivity index (χ1n) is 6.27. The van der Waals surface area contributed by atoms with Crippen molar-refractivity contribution in [3.8, 4) is 0 Å². The summed E-state index contributed by atoms with van der Waals surface area (Å²) >= 11 is 3.08. The van der Waals surface area contributed by atoms with E-state index in [1.165, 1.54) is 18.2 Å². The number of hydrogen-bond donors (Lipinski definition) is 4. The van der Waals surface area contributed by atoms with Crippen molar-refractivity contribution in [3.05, 3.63) is 22.7 Å². The number of sulfonamides is 1. The number of aliphatic carboxylic acids is 2. The monoisotopic (exact) mass is 423 g/mol. The number of hydrogen-bond acceptors (Lipinski definition) is 6. The fourth-order valence-corrected chi connectivity index (χ4v) is 2.89. The van der Waals surface area contributed by atoms with Crippen LogP contribution >= 0.6 is 15.9 Å². The molecular weight excluding hydrogens is 410 g/mol. The first-order chi connectivity index (χ1) is 11.0. The Balaban J connectivity index is 2.82. The van der Waals surface area contributed by atoms with Crippen LogP contribution in [0.25, 0.3) is 0 Å². The summed E-state index contributed by atoms with van der Waals surface area (Å²) in [6, 6.07) is 3.67.